The summed E-state index contributed by atoms with van der Waals surface area (Å²) in [6.07, 6.45) is 8.29. The lowest BCUT2D eigenvalue weighted by molar-refractivity contribution is 0.116. The van der Waals surface area contributed by atoms with Crippen LogP contribution in [0.15, 0.2) is 18.3 Å². The second-order valence-corrected chi connectivity index (χ2v) is 4.27. The monoisotopic (exact) mass is 236 g/mol. The molecule has 0 aromatic carbocycles. The molecule has 0 aliphatic heterocycles. The SMILES string of the molecule is CCCCCCCOCc1ccc(NC)nc1. The maximum Gasteiger partial charge on any atom is 0.125 e. The summed E-state index contributed by atoms with van der Waals surface area (Å²) in [4.78, 5) is 4.25. The molecule has 0 saturated carbocycles. The van der Waals surface area contributed by atoms with Crippen molar-refractivity contribution in [2.45, 2.75) is 45.6 Å². The summed E-state index contributed by atoms with van der Waals surface area (Å²) in [6, 6.07) is 4.02. The average molecular weight is 236 g/mol. The zero-order chi connectivity index (χ0) is 12.3. The van der Waals surface area contributed by atoms with Crippen LogP contribution in [0, 0.1) is 0 Å². The molecule has 3 heteroatoms. The quantitative estimate of drug-likeness (QED) is 0.665. The minimum absolute atomic E-state index is 0.671. The molecule has 3 nitrogen and oxygen atoms in total. The highest BCUT2D eigenvalue weighted by Gasteiger charge is 1.95. The molecule has 0 amide bonds. The fourth-order valence-electron chi connectivity index (χ4n) is 1.66. The number of aromatic nitrogens is 1. The van der Waals surface area contributed by atoms with Crippen LogP contribution in [0.5, 0.6) is 0 Å². The first kappa shape index (κ1) is 14.0. The summed E-state index contributed by atoms with van der Waals surface area (Å²) in [5.74, 6) is 0.897. The second-order valence-electron chi connectivity index (χ2n) is 4.27. The van der Waals surface area contributed by atoms with Crippen LogP contribution in [0.4, 0.5) is 5.82 Å². The molecule has 1 heterocycles. The molecule has 0 fully saturated rings. The smallest absolute Gasteiger partial charge is 0.125 e. The second kappa shape index (κ2) is 8.99. The third kappa shape index (κ3) is 6.27. The lowest BCUT2D eigenvalue weighted by atomic mass is 10.2. The Labute approximate surface area is 105 Å². The molecule has 0 radical (unpaired) electrons. The van der Waals surface area contributed by atoms with E-state index in [2.05, 4.69) is 23.3 Å². The third-order valence-corrected chi connectivity index (χ3v) is 2.74. The summed E-state index contributed by atoms with van der Waals surface area (Å²) in [5, 5.41) is 3.00. The third-order valence-electron chi connectivity index (χ3n) is 2.74. The maximum absolute atomic E-state index is 5.61. The van der Waals surface area contributed by atoms with E-state index in [9.17, 15) is 0 Å². The fourth-order valence-corrected chi connectivity index (χ4v) is 1.66. The summed E-state index contributed by atoms with van der Waals surface area (Å²) in [6.45, 7) is 3.76. The Bertz CT molecular complexity index is 285. The number of nitrogens with one attached hydrogen (secondary N) is 1. The zero-order valence-corrected chi connectivity index (χ0v) is 11.0. The van der Waals surface area contributed by atoms with E-state index in [1.807, 2.05) is 19.3 Å². The van der Waals surface area contributed by atoms with Crippen LogP contribution in [0.25, 0.3) is 0 Å². The number of rotatable bonds is 9. The Morgan fingerprint density at radius 2 is 2.00 bits per heavy atom. The average Bonchev–Trinajstić information content (AvgIpc) is 2.38. The van der Waals surface area contributed by atoms with Crippen molar-refractivity contribution in [3.8, 4) is 0 Å². The normalized spacial score (nSPS) is 10.5. The first-order chi connectivity index (χ1) is 8.36. The van der Waals surface area contributed by atoms with Crippen LogP contribution in [-0.2, 0) is 11.3 Å². The number of anilines is 1. The Morgan fingerprint density at radius 1 is 1.18 bits per heavy atom. The van der Waals surface area contributed by atoms with Crippen LogP contribution in [0.2, 0.25) is 0 Å². The van der Waals surface area contributed by atoms with Gasteiger partial charge in [0.2, 0.25) is 0 Å². The van der Waals surface area contributed by atoms with Gasteiger partial charge in [-0.1, -0.05) is 38.7 Å². The Balaban J connectivity index is 2.05. The Hall–Kier alpha value is -1.09. The number of pyridine rings is 1. The molecule has 0 atom stereocenters. The van der Waals surface area contributed by atoms with Crippen molar-refractivity contribution in [1.29, 1.82) is 0 Å². The predicted molar refractivity (Wildman–Crippen MR) is 72.2 cm³/mol. The highest BCUT2D eigenvalue weighted by Crippen LogP contribution is 2.07. The van der Waals surface area contributed by atoms with Crippen molar-refractivity contribution < 1.29 is 4.74 Å². The van der Waals surface area contributed by atoms with Gasteiger partial charge in [-0.15, -0.1) is 0 Å². The van der Waals surface area contributed by atoms with Crippen molar-refractivity contribution in [3.05, 3.63) is 23.9 Å². The van der Waals surface area contributed by atoms with E-state index in [4.69, 9.17) is 4.74 Å². The first-order valence-electron chi connectivity index (χ1n) is 6.57. The standard InChI is InChI=1S/C14H24N2O/c1-3-4-5-6-7-10-17-12-13-8-9-14(15-2)16-11-13/h8-9,11H,3-7,10,12H2,1-2H3,(H,15,16). The van der Waals surface area contributed by atoms with Crippen molar-refractivity contribution in [3.63, 3.8) is 0 Å². The van der Waals surface area contributed by atoms with Crippen LogP contribution in [0.3, 0.4) is 0 Å². The number of hydrogen-bond acceptors (Lipinski definition) is 3. The van der Waals surface area contributed by atoms with Crippen LogP contribution in [-0.4, -0.2) is 18.6 Å². The van der Waals surface area contributed by atoms with Crippen LogP contribution in [0.1, 0.15) is 44.6 Å². The van der Waals surface area contributed by atoms with Crippen molar-refractivity contribution in [2.24, 2.45) is 0 Å². The molecule has 1 aromatic heterocycles. The first-order valence-corrected chi connectivity index (χ1v) is 6.57. The van der Waals surface area contributed by atoms with Gasteiger partial charge in [0.25, 0.3) is 0 Å². The number of ether oxygens (including phenoxy) is 1. The Morgan fingerprint density at radius 3 is 2.65 bits per heavy atom. The molecular formula is C14H24N2O. The van der Waals surface area contributed by atoms with E-state index >= 15 is 0 Å². The molecule has 0 bridgehead atoms. The predicted octanol–water partition coefficient (Wildman–Crippen LogP) is 3.61. The molecule has 1 aromatic rings. The van der Waals surface area contributed by atoms with Crippen molar-refractivity contribution >= 4 is 5.82 Å². The van der Waals surface area contributed by atoms with E-state index in [1.165, 1.54) is 32.1 Å². The molecule has 17 heavy (non-hydrogen) atoms. The summed E-state index contributed by atoms with van der Waals surface area (Å²) in [5.41, 5.74) is 1.14. The summed E-state index contributed by atoms with van der Waals surface area (Å²) in [7, 11) is 1.87. The lowest BCUT2D eigenvalue weighted by Crippen LogP contribution is -1.97. The van der Waals surface area contributed by atoms with Gasteiger partial charge in [0.1, 0.15) is 5.82 Å². The van der Waals surface area contributed by atoms with Crippen LogP contribution < -0.4 is 5.32 Å². The molecule has 96 valence electrons. The molecule has 0 unspecified atom stereocenters. The highest BCUT2D eigenvalue weighted by atomic mass is 16.5. The molecular weight excluding hydrogens is 212 g/mol. The lowest BCUT2D eigenvalue weighted by Gasteiger charge is -2.05. The molecule has 0 spiro atoms. The minimum atomic E-state index is 0.671. The van der Waals surface area contributed by atoms with E-state index in [0.717, 1.165) is 18.0 Å². The maximum atomic E-state index is 5.61. The summed E-state index contributed by atoms with van der Waals surface area (Å²) >= 11 is 0. The molecule has 1 N–H and O–H groups in total. The minimum Gasteiger partial charge on any atom is -0.377 e. The van der Waals surface area contributed by atoms with Gasteiger partial charge in [-0.25, -0.2) is 4.98 Å². The molecule has 1 rings (SSSR count). The number of hydrogen-bond donors (Lipinski definition) is 1. The summed E-state index contributed by atoms with van der Waals surface area (Å²) < 4.78 is 5.61. The fraction of sp³-hybridized carbons (Fsp3) is 0.643. The largest absolute Gasteiger partial charge is 0.377 e. The van der Waals surface area contributed by atoms with Crippen molar-refractivity contribution in [1.82, 2.24) is 4.98 Å². The van der Waals surface area contributed by atoms with Gasteiger partial charge < -0.3 is 10.1 Å². The van der Waals surface area contributed by atoms with Gasteiger partial charge in [-0.2, -0.15) is 0 Å². The van der Waals surface area contributed by atoms with E-state index < -0.39 is 0 Å². The van der Waals surface area contributed by atoms with Gasteiger partial charge in [0.15, 0.2) is 0 Å². The topological polar surface area (TPSA) is 34.1 Å². The Kier molecular flexibility index (Phi) is 7.39. The van der Waals surface area contributed by atoms with Gasteiger partial charge in [-0.3, -0.25) is 0 Å². The van der Waals surface area contributed by atoms with E-state index in [-0.39, 0.29) is 0 Å². The van der Waals surface area contributed by atoms with E-state index in [0.29, 0.717) is 6.61 Å². The van der Waals surface area contributed by atoms with Gasteiger partial charge in [0.05, 0.1) is 6.61 Å². The van der Waals surface area contributed by atoms with Gasteiger partial charge >= 0.3 is 0 Å². The van der Waals surface area contributed by atoms with Gasteiger partial charge in [-0.05, 0) is 18.1 Å². The number of unbranched alkanes of at least 4 members (excludes halogenated alkanes) is 4. The van der Waals surface area contributed by atoms with Gasteiger partial charge in [0, 0.05) is 19.9 Å². The zero-order valence-electron chi connectivity index (χ0n) is 11.0. The van der Waals surface area contributed by atoms with E-state index in [1.54, 1.807) is 0 Å². The molecule has 0 aliphatic carbocycles. The van der Waals surface area contributed by atoms with Crippen LogP contribution >= 0.6 is 0 Å². The highest BCUT2D eigenvalue weighted by molar-refractivity contribution is 5.34. The number of nitrogens with zero attached hydrogens (tertiary/aromatic N) is 1. The molecule has 0 saturated heterocycles. The molecule has 0 aliphatic rings. The van der Waals surface area contributed by atoms with Crippen molar-refractivity contribution in [2.75, 3.05) is 19.0 Å².